The Morgan fingerprint density at radius 3 is 2.61 bits per heavy atom. The molecule has 1 aromatic rings. The van der Waals surface area contributed by atoms with Crippen LogP contribution in [0.1, 0.15) is 13.8 Å². The van der Waals surface area contributed by atoms with Gasteiger partial charge in [0.1, 0.15) is 0 Å². The molecule has 0 aromatic heterocycles. The van der Waals surface area contributed by atoms with Gasteiger partial charge in [-0.3, -0.25) is 0 Å². The van der Waals surface area contributed by atoms with Crippen LogP contribution in [0.15, 0.2) is 12.1 Å². The van der Waals surface area contributed by atoms with Gasteiger partial charge in [0.05, 0.1) is 5.69 Å². The quantitative estimate of drug-likeness (QED) is 0.820. The van der Waals surface area contributed by atoms with E-state index in [1.807, 2.05) is 18.7 Å². The van der Waals surface area contributed by atoms with Gasteiger partial charge in [-0.1, -0.05) is 13.8 Å². The maximum Gasteiger partial charge on any atom is 0.196 e. The molecule has 5 heteroatoms. The van der Waals surface area contributed by atoms with E-state index in [1.54, 1.807) is 0 Å². The van der Waals surface area contributed by atoms with E-state index >= 15 is 0 Å². The first-order valence-corrected chi connectivity index (χ1v) is 6.13. The summed E-state index contributed by atoms with van der Waals surface area (Å²) in [6.07, 6.45) is 0. The summed E-state index contributed by atoms with van der Waals surface area (Å²) in [6.45, 7) is 6.08. The maximum absolute atomic E-state index is 13.8. The lowest BCUT2D eigenvalue weighted by molar-refractivity contribution is 0.381. The molecule has 2 rings (SSSR count). The zero-order valence-electron chi connectivity index (χ0n) is 10.5. The van der Waals surface area contributed by atoms with Crippen molar-refractivity contribution < 1.29 is 13.2 Å². The normalized spacial score (nSPS) is 20.6. The molecular formula is C13H17F3N2. The van der Waals surface area contributed by atoms with Gasteiger partial charge in [0.15, 0.2) is 17.5 Å². The smallest absolute Gasteiger partial charge is 0.196 e. The monoisotopic (exact) mass is 258 g/mol. The third-order valence-corrected chi connectivity index (χ3v) is 3.38. The second kappa shape index (κ2) is 5.18. The molecule has 1 unspecified atom stereocenters. The highest BCUT2D eigenvalue weighted by Crippen LogP contribution is 2.27. The lowest BCUT2D eigenvalue weighted by Crippen LogP contribution is -2.54. The third kappa shape index (κ3) is 2.32. The van der Waals surface area contributed by atoms with Crippen molar-refractivity contribution in [1.29, 1.82) is 0 Å². The fourth-order valence-corrected chi connectivity index (χ4v) is 2.36. The van der Waals surface area contributed by atoms with Gasteiger partial charge in [-0.25, -0.2) is 13.2 Å². The molecule has 1 atom stereocenters. The molecule has 1 N–H and O–H groups in total. The zero-order chi connectivity index (χ0) is 13.3. The Hall–Kier alpha value is -1.23. The number of nitrogens with one attached hydrogen (secondary N) is 1. The molecular weight excluding hydrogens is 241 g/mol. The minimum absolute atomic E-state index is 0.0816. The van der Waals surface area contributed by atoms with Crippen LogP contribution in [0.2, 0.25) is 0 Å². The Labute approximate surface area is 105 Å². The van der Waals surface area contributed by atoms with Crippen LogP contribution in [0.4, 0.5) is 18.9 Å². The van der Waals surface area contributed by atoms with Gasteiger partial charge in [0.25, 0.3) is 0 Å². The maximum atomic E-state index is 13.8. The molecule has 1 aliphatic rings. The molecule has 0 spiro atoms. The van der Waals surface area contributed by atoms with Gasteiger partial charge < -0.3 is 10.2 Å². The molecule has 1 aromatic carbocycles. The van der Waals surface area contributed by atoms with Crippen molar-refractivity contribution >= 4 is 5.69 Å². The molecule has 18 heavy (non-hydrogen) atoms. The van der Waals surface area contributed by atoms with E-state index < -0.39 is 17.5 Å². The topological polar surface area (TPSA) is 15.3 Å². The minimum Gasteiger partial charge on any atom is -0.363 e. The van der Waals surface area contributed by atoms with Crippen LogP contribution in [-0.2, 0) is 0 Å². The van der Waals surface area contributed by atoms with Crippen LogP contribution < -0.4 is 10.2 Å². The summed E-state index contributed by atoms with van der Waals surface area (Å²) in [4.78, 5) is 1.82. The molecule has 0 saturated carbocycles. The molecule has 0 bridgehead atoms. The van der Waals surface area contributed by atoms with Crippen molar-refractivity contribution in [3.05, 3.63) is 29.6 Å². The fourth-order valence-electron chi connectivity index (χ4n) is 2.36. The number of benzene rings is 1. The number of nitrogens with zero attached hydrogens (tertiary/aromatic N) is 1. The highest BCUT2D eigenvalue weighted by molar-refractivity contribution is 5.50. The van der Waals surface area contributed by atoms with Crippen molar-refractivity contribution in [3.8, 4) is 0 Å². The number of rotatable bonds is 2. The van der Waals surface area contributed by atoms with E-state index in [2.05, 4.69) is 5.32 Å². The van der Waals surface area contributed by atoms with Gasteiger partial charge >= 0.3 is 0 Å². The van der Waals surface area contributed by atoms with Gasteiger partial charge in [-0.15, -0.1) is 0 Å². The van der Waals surface area contributed by atoms with Crippen molar-refractivity contribution in [2.45, 2.75) is 19.9 Å². The molecule has 100 valence electrons. The molecule has 1 aliphatic heterocycles. The summed E-state index contributed by atoms with van der Waals surface area (Å²) in [5, 5.41) is 3.23. The number of hydrogen-bond donors (Lipinski definition) is 1. The molecule has 1 fully saturated rings. The van der Waals surface area contributed by atoms with Gasteiger partial charge in [0, 0.05) is 25.7 Å². The first-order valence-electron chi connectivity index (χ1n) is 6.13. The summed E-state index contributed by atoms with van der Waals surface area (Å²) in [5.74, 6) is -3.34. The van der Waals surface area contributed by atoms with E-state index in [1.165, 1.54) is 6.07 Å². The van der Waals surface area contributed by atoms with E-state index in [4.69, 9.17) is 0 Å². The Balaban J connectivity index is 2.37. The lowest BCUT2D eigenvalue weighted by Gasteiger charge is -2.40. The number of piperazine rings is 1. The first-order chi connectivity index (χ1) is 8.52. The summed E-state index contributed by atoms with van der Waals surface area (Å²) >= 11 is 0. The summed E-state index contributed by atoms with van der Waals surface area (Å²) < 4.78 is 40.0. The Kier molecular flexibility index (Phi) is 3.80. The standard InChI is InChI=1S/C13H17F3N2/c1-8(2)11-7-17-5-6-18(11)10-4-3-9(14)12(15)13(10)16/h3-4,8,11,17H,5-7H2,1-2H3. The molecule has 0 aliphatic carbocycles. The molecule has 1 saturated heterocycles. The summed E-state index contributed by atoms with van der Waals surface area (Å²) in [6, 6.07) is 2.37. The lowest BCUT2D eigenvalue weighted by atomic mass is 9.99. The third-order valence-electron chi connectivity index (χ3n) is 3.38. The van der Waals surface area contributed by atoms with Crippen LogP contribution in [0, 0.1) is 23.4 Å². The molecule has 1 heterocycles. The van der Waals surface area contributed by atoms with E-state index in [-0.39, 0.29) is 11.7 Å². The second-order valence-electron chi connectivity index (χ2n) is 4.90. The largest absolute Gasteiger partial charge is 0.363 e. The highest BCUT2D eigenvalue weighted by Gasteiger charge is 2.28. The van der Waals surface area contributed by atoms with Crippen molar-refractivity contribution in [1.82, 2.24) is 5.32 Å². The van der Waals surface area contributed by atoms with Crippen molar-refractivity contribution in [2.75, 3.05) is 24.5 Å². The molecule has 0 amide bonds. The van der Waals surface area contributed by atoms with Crippen LogP contribution >= 0.6 is 0 Å². The van der Waals surface area contributed by atoms with Crippen molar-refractivity contribution in [2.24, 2.45) is 5.92 Å². The van der Waals surface area contributed by atoms with E-state index in [0.717, 1.165) is 12.6 Å². The van der Waals surface area contributed by atoms with Gasteiger partial charge in [-0.05, 0) is 18.1 Å². The van der Waals surface area contributed by atoms with Crippen molar-refractivity contribution in [3.63, 3.8) is 0 Å². The number of halogens is 3. The summed E-state index contributed by atoms with van der Waals surface area (Å²) in [7, 11) is 0. The average molecular weight is 258 g/mol. The first kappa shape index (κ1) is 13.2. The number of hydrogen-bond acceptors (Lipinski definition) is 2. The van der Waals surface area contributed by atoms with Crippen LogP contribution in [0.3, 0.4) is 0 Å². The van der Waals surface area contributed by atoms with E-state index in [0.29, 0.717) is 19.0 Å². The van der Waals surface area contributed by atoms with Gasteiger partial charge in [-0.2, -0.15) is 0 Å². The SMILES string of the molecule is CC(C)C1CNCCN1c1ccc(F)c(F)c1F. The minimum atomic E-state index is -1.39. The predicted molar refractivity (Wildman–Crippen MR) is 65.2 cm³/mol. The average Bonchev–Trinajstić information content (AvgIpc) is 2.36. The van der Waals surface area contributed by atoms with Crippen LogP contribution in [0.25, 0.3) is 0 Å². The fraction of sp³-hybridized carbons (Fsp3) is 0.538. The van der Waals surface area contributed by atoms with Crippen LogP contribution in [0.5, 0.6) is 0 Å². The van der Waals surface area contributed by atoms with Crippen LogP contribution in [-0.4, -0.2) is 25.7 Å². The molecule has 0 radical (unpaired) electrons. The molecule has 2 nitrogen and oxygen atoms in total. The summed E-state index contributed by atoms with van der Waals surface area (Å²) in [5.41, 5.74) is 0.147. The Bertz CT molecular complexity index is 434. The Morgan fingerprint density at radius 2 is 1.94 bits per heavy atom. The Morgan fingerprint density at radius 1 is 1.22 bits per heavy atom. The predicted octanol–water partition coefficient (Wildman–Crippen LogP) is 2.54. The van der Waals surface area contributed by atoms with E-state index in [9.17, 15) is 13.2 Å². The number of anilines is 1. The zero-order valence-corrected chi connectivity index (χ0v) is 10.5. The second-order valence-corrected chi connectivity index (χ2v) is 4.90. The highest BCUT2D eigenvalue weighted by atomic mass is 19.2. The van der Waals surface area contributed by atoms with Gasteiger partial charge in [0.2, 0.25) is 0 Å².